The average molecular weight is 326 g/mol. The smallest absolute Gasteiger partial charge is 0.387 e. The van der Waals surface area contributed by atoms with E-state index < -0.39 is 6.61 Å². The van der Waals surface area contributed by atoms with E-state index in [0.29, 0.717) is 11.1 Å². The van der Waals surface area contributed by atoms with E-state index in [2.05, 4.69) is 4.74 Å². The fourth-order valence-corrected chi connectivity index (χ4v) is 2.15. The molecule has 0 N–H and O–H groups in total. The van der Waals surface area contributed by atoms with E-state index in [9.17, 15) is 13.6 Å². The molecule has 1 aromatic rings. The largest absolute Gasteiger partial charge is 0.435 e. The lowest BCUT2D eigenvalue weighted by Gasteiger charge is -2.10. The van der Waals surface area contributed by atoms with Gasteiger partial charge in [0.15, 0.2) is 5.78 Å². The maximum atomic E-state index is 12.0. The summed E-state index contributed by atoms with van der Waals surface area (Å²) in [5, 5.41) is 0. The zero-order valence-electron chi connectivity index (χ0n) is 8.18. The third-order valence-corrected chi connectivity index (χ3v) is 2.75. The van der Waals surface area contributed by atoms with Crippen LogP contribution in [0.4, 0.5) is 8.78 Å². The van der Waals surface area contributed by atoms with E-state index in [1.165, 1.54) is 13.0 Å². The van der Waals surface area contributed by atoms with Crippen molar-refractivity contribution in [3.8, 4) is 5.75 Å². The van der Waals surface area contributed by atoms with Gasteiger partial charge in [-0.2, -0.15) is 8.78 Å². The summed E-state index contributed by atoms with van der Waals surface area (Å²) in [6.45, 7) is 0.173. The fraction of sp³-hybridized carbons (Fsp3) is 0.300. The molecule has 5 heteroatoms. The second-order valence-corrected chi connectivity index (χ2v) is 4.19. The van der Waals surface area contributed by atoms with Crippen LogP contribution in [0.1, 0.15) is 22.8 Å². The van der Waals surface area contributed by atoms with Crippen molar-refractivity contribution >= 4 is 28.4 Å². The summed E-state index contributed by atoms with van der Waals surface area (Å²) >= 11 is 1.99. The fourth-order valence-electron chi connectivity index (χ4n) is 1.15. The number of benzene rings is 1. The third-order valence-electron chi connectivity index (χ3n) is 1.86. The second-order valence-electron chi connectivity index (χ2n) is 3.03. The molecule has 0 bridgehead atoms. The molecule has 0 radical (unpaired) electrons. The van der Waals surface area contributed by atoms with Gasteiger partial charge in [0.2, 0.25) is 0 Å². The van der Waals surface area contributed by atoms with Gasteiger partial charge in [0.1, 0.15) is 5.75 Å². The molecule has 0 aliphatic heterocycles. The van der Waals surface area contributed by atoms with E-state index in [1.54, 1.807) is 13.0 Å². The van der Waals surface area contributed by atoms with E-state index >= 15 is 0 Å². The first-order valence-corrected chi connectivity index (χ1v) is 5.25. The molecule has 0 amide bonds. The predicted octanol–water partition coefficient (Wildman–Crippen LogP) is 3.40. The van der Waals surface area contributed by atoms with E-state index in [4.69, 9.17) is 0 Å². The molecule has 1 aromatic carbocycles. The molecule has 0 aliphatic carbocycles. The van der Waals surface area contributed by atoms with Crippen LogP contribution < -0.4 is 4.74 Å². The molecule has 0 spiro atoms. The van der Waals surface area contributed by atoms with Gasteiger partial charge in [-0.05, 0) is 54.1 Å². The number of hydrogen-bond acceptors (Lipinski definition) is 2. The number of hydrogen-bond donors (Lipinski definition) is 0. The van der Waals surface area contributed by atoms with Crippen molar-refractivity contribution in [2.45, 2.75) is 20.5 Å². The highest BCUT2D eigenvalue weighted by Crippen LogP contribution is 2.26. The van der Waals surface area contributed by atoms with Crippen LogP contribution in [0.2, 0.25) is 0 Å². The average Bonchev–Trinajstić information content (AvgIpc) is 2.08. The highest BCUT2D eigenvalue weighted by Gasteiger charge is 2.13. The Kier molecular flexibility index (Phi) is 4.01. The van der Waals surface area contributed by atoms with Crippen LogP contribution in [0.5, 0.6) is 5.75 Å². The lowest BCUT2D eigenvalue weighted by Crippen LogP contribution is -2.06. The molecule has 0 saturated heterocycles. The molecule has 0 aromatic heterocycles. The van der Waals surface area contributed by atoms with Gasteiger partial charge in [-0.3, -0.25) is 4.79 Å². The summed E-state index contributed by atoms with van der Waals surface area (Å²) in [5.41, 5.74) is 0.988. The van der Waals surface area contributed by atoms with Gasteiger partial charge < -0.3 is 4.74 Å². The highest BCUT2D eigenvalue weighted by atomic mass is 127. The minimum Gasteiger partial charge on any atom is -0.435 e. The predicted molar refractivity (Wildman–Crippen MR) is 60.5 cm³/mol. The lowest BCUT2D eigenvalue weighted by molar-refractivity contribution is -0.0503. The molecule has 15 heavy (non-hydrogen) atoms. The number of halogens is 3. The Morgan fingerprint density at radius 1 is 1.47 bits per heavy atom. The number of ether oxygens (including phenoxy) is 1. The number of aryl methyl sites for hydroxylation is 1. The van der Waals surface area contributed by atoms with E-state index in [1.807, 2.05) is 22.6 Å². The monoisotopic (exact) mass is 326 g/mol. The quantitative estimate of drug-likeness (QED) is 0.629. The number of carbonyl (C=O) groups excluding carboxylic acids is 1. The molecular formula is C10H9F2IO2. The van der Waals surface area contributed by atoms with Crippen molar-refractivity contribution in [3.63, 3.8) is 0 Å². The molecule has 0 fully saturated rings. The Bertz CT molecular complexity index is 391. The van der Waals surface area contributed by atoms with Crippen LogP contribution in [-0.2, 0) is 0 Å². The van der Waals surface area contributed by atoms with Crippen molar-refractivity contribution in [2.75, 3.05) is 0 Å². The van der Waals surface area contributed by atoms with Crippen molar-refractivity contribution in [3.05, 3.63) is 26.8 Å². The van der Waals surface area contributed by atoms with Gasteiger partial charge in [-0.15, -0.1) is 0 Å². The second kappa shape index (κ2) is 4.87. The maximum Gasteiger partial charge on any atom is 0.387 e. The third kappa shape index (κ3) is 3.12. The number of ketones is 1. The minimum atomic E-state index is -2.87. The molecule has 0 atom stereocenters. The standard InChI is InChI=1S/C10H9F2IO2/c1-5-3-8(13)7(6(2)14)4-9(5)15-10(11)12/h3-4,10H,1-2H3. The van der Waals surface area contributed by atoms with Gasteiger partial charge in [0.25, 0.3) is 0 Å². The molecule has 0 unspecified atom stereocenters. The van der Waals surface area contributed by atoms with E-state index in [0.717, 1.165) is 3.57 Å². The molecule has 2 nitrogen and oxygen atoms in total. The zero-order chi connectivity index (χ0) is 11.6. The minimum absolute atomic E-state index is 0.0515. The Morgan fingerprint density at radius 2 is 2.07 bits per heavy atom. The molecule has 1 rings (SSSR count). The maximum absolute atomic E-state index is 12.0. The van der Waals surface area contributed by atoms with Crippen LogP contribution in [0, 0.1) is 10.5 Å². The number of Topliss-reactive ketones (excluding diaryl/α,β-unsaturated/α-hetero) is 1. The van der Waals surface area contributed by atoms with E-state index in [-0.39, 0.29) is 11.5 Å². The van der Waals surface area contributed by atoms with Crippen LogP contribution in [-0.4, -0.2) is 12.4 Å². The van der Waals surface area contributed by atoms with Crippen LogP contribution in [0.15, 0.2) is 12.1 Å². The Morgan fingerprint density at radius 3 is 2.53 bits per heavy atom. The molecule has 0 aliphatic rings. The Hall–Kier alpha value is -0.720. The highest BCUT2D eigenvalue weighted by molar-refractivity contribution is 14.1. The SMILES string of the molecule is CC(=O)c1cc(OC(F)F)c(C)cc1I. The summed E-state index contributed by atoms with van der Waals surface area (Å²) in [7, 11) is 0. The van der Waals surface area contributed by atoms with Crippen molar-refractivity contribution in [1.29, 1.82) is 0 Å². The Labute approximate surface area is 99.8 Å². The zero-order valence-corrected chi connectivity index (χ0v) is 10.3. The van der Waals surface area contributed by atoms with Gasteiger partial charge in [-0.25, -0.2) is 0 Å². The van der Waals surface area contributed by atoms with Crippen molar-refractivity contribution in [1.82, 2.24) is 0 Å². The van der Waals surface area contributed by atoms with Gasteiger partial charge in [-0.1, -0.05) is 0 Å². The summed E-state index contributed by atoms with van der Waals surface area (Å²) in [6, 6.07) is 3.00. The number of rotatable bonds is 3. The summed E-state index contributed by atoms with van der Waals surface area (Å²) in [6.07, 6.45) is 0. The summed E-state index contributed by atoms with van der Waals surface area (Å²) in [5.74, 6) is -0.117. The van der Waals surface area contributed by atoms with Crippen molar-refractivity contribution in [2.24, 2.45) is 0 Å². The van der Waals surface area contributed by atoms with Gasteiger partial charge >= 0.3 is 6.61 Å². The normalized spacial score (nSPS) is 10.5. The van der Waals surface area contributed by atoms with Crippen LogP contribution in [0.3, 0.4) is 0 Å². The first-order chi connectivity index (χ1) is 6.91. The molecule has 0 saturated carbocycles. The van der Waals surface area contributed by atoms with Crippen molar-refractivity contribution < 1.29 is 18.3 Å². The Balaban J connectivity index is 3.17. The van der Waals surface area contributed by atoms with Gasteiger partial charge in [0, 0.05) is 9.13 Å². The molecule has 0 heterocycles. The summed E-state index contributed by atoms with van der Waals surface area (Å²) < 4.78 is 29.1. The topological polar surface area (TPSA) is 26.3 Å². The first-order valence-electron chi connectivity index (χ1n) is 4.17. The summed E-state index contributed by atoms with van der Waals surface area (Å²) in [4.78, 5) is 11.2. The van der Waals surface area contributed by atoms with Crippen LogP contribution >= 0.6 is 22.6 Å². The molecular weight excluding hydrogens is 317 g/mol. The number of carbonyl (C=O) groups is 1. The number of alkyl halides is 2. The molecule has 82 valence electrons. The lowest BCUT2D eigenvalue weighted by atomic mass is 10.1. The van der Waals surface area contributed by atoms with Gasteiger partial charge in [0.05, 0.1) is 0 Å². The van der Waals surface area contributed by atoms with Crippen LogP contribution in [0.25, 0.3) is 0 Å². The first kappa shape index (κ1) is 12.4.